The number of esters is 1. The van der Waals surface area contributed by atoms with Crippen molar-refractivity contribution in [2.45, 2.75) is 20.5 Å². The van der Waals surface area contributed by atoms with Crippen molar-refractivity contribution in [3.05, 3.63) is 52.9 Å². The maximum atomic E-state index is 12.3. The summed E-state index contributed by atoms with van der Waals surface area (Å²) in [4.78, 5) is 12.3. The van der Waals surface area contributed by atoms with E-state index >= 15 is 0 Å². The van der Waals surface area contributed by atoms with Gasteiger partial charge < -0.3 is 23.4 Å². The zero-order valence-corrected chi connectivity index (χ0v) is 16.9. The molecule has 0 fully saturated rings. The molecule has 0 atom stereocenters. The van der Waals surface area contributed by atoms with Crippen molar-refractivity contribution in [3.63, 3.8) is 0 Å². The number of methoxy groups -OCH3 is 3. The number of hydrogen-bond donors (Lipinski definition) is 0. The van der Waals surface area contributed by atoms with E-state index in [1.807, 2.05) is 26.0 Å². The highest BCUT2D eigenvalue weighted by Crippen LogP contribution is 2.40. The SMILES string of the molecule is COc1cc(-c2nnc(COC(=O)c3cccc(C)c3C)o2)cc(OC)c1OC. The molecule has 29 heavy (non-hydrogen) atoms. The second-order valence-electron chi connectivity index (χ2n) is 6.24. The first-order chi connectivity index (χ1) is 14.0. The normalized spacial score (nSPS) is 10.5. The standard InChI is InChI=1S/C21H22N2O6/c1-12-7-6-8-15(13(12)2)21(24)28-11-18-22-23-20(29-18)14-9-16(25-3)19(27-5)17(10-14)26-4/h6-10H,11H2,1-5H3. The van der Waals surface area contributed by atoms with Crippen LogP contribution < -0.4 is 14.2 Å². The molecular formula is C21H22N2O6. The molecule has 0 amide bonds. The van der Waals surface area contributed by atoms with Gasteiger partial charge in [0.2, 0.25) is 11.6 Å². The second kappa shape index (κ2) is 8.64. The van der Waals surface area contributed by atoms with Crippen LogP contribution in [0, 0.1) is 13.8 Å². The van der Waals surface area contributed by atoms with Crippen LogP contribution in [0.4, 0.5) is 0 Å². The lowest BCUT2D eigenvalue weighted by atomic mass is 10.0. The lowest BCUT2D eigenvalue weighted by Gasteiger charge is -2.12. The Labute approximate surface area is 168 Å². The predicted octanol–water partition coefficient (Wildman–Crippen LogP) is 3.74. The van der Waals surface area contributed by atoms with E-state index in [0.29, 0.717) is 28.4 Å². The highest BCUT2D eigenvalue weighted by atomic mass is 16.5. The summed E-state index contributed by atoms with van der Waals surface area (Å²) in [6.07, 6.45) is 0. The summed E-state index contributed by atoms with van der Waals surface area (Å²) in [5, 5.41) is 7.96. The van der Waals surface area contributed by atoms with Gasteiger partial charge in [-0.2, -0.15) is 0 Å². The Bertz CT molecular complexity index is 1000. The highest BCUT2D eigenvalue weighted by molar-refractivity contribution is 5.91. The summed E-state index contributed by atoms with van der Waals surface area (Å²) in [5.41, 5.74) is 2.98. The molecule has 0 bridgehead atoms. The molecule has 0 spiro atoms. The molecule has 0 N–H and O–H groups in total. The Balaban J connectivity index is 1.77. The number of hydrogen-bond acceptors (Lipinski definition) is 8. The number of aromatic nitrogens is 2. The first-order valence-electron chi connectivity index (χ1n) is 8.84. The van der Waals surface area contributed by atoms with Crippen molar-refractivity contribution in [1.82, 2.24) is 10.2 Å². The number of benzene rings is 2. The Kier molecular flexibility index (Phi) is 6.01. The van der Waals surface area contributed by atoms with E-state index in [-0.39, 0.29) is 18.4 Å². The Morgan fingerprint density at radius 3 is 2.31 bits per heavy atom. The molecule has 1 heterocycles. The molecule has 152 valence electrons. The van der Waals surface area contributed by atoms with Crippen LogP contribution in [-0.4, -0.2) is 37.5 Å². The molecule has 0 aliphatic carbocycles. The number of ether oxygens (including phenoxy) is 4. The zero-order chi connectivity index (χ0) is 21.0. The molecule has 0 aliphatic rings. The molecule has 0 aliphatic heterocycles. The Morgan fingerprint density at radius 2 is 1.69 bits per heavy atom. The third-order valence-electron chi connectivity index (χ3n) is 4.53. The molecule has 3 rings (SSSR count). The summed E-state index contributed by atoms with van der Waals surface area (Å²) in [6.45, 7) is 3.68. The van der Waals surface area contributed by atoms with E-state index in [2.05, 4.69) is 10.2 Å². The fraction of sp³-hybridized carbons (Fsp3) is 0.286. The van der Waals surface area contributed by atoms with Crippen molar-refractivity contribution in [3.8, 4) is 28.7 Å². The predicted molar refractivity (Wildman–Crippen MR) is 104 cm³/mol. The van der Waals surface area contributed by atoms with Gasteiger partial charge in [-0.1, -0.05) is 12.1 Å². The van der Waals surface area contributed by atoms with Crippen molar-refractivity contribution < 1.29 is 28.2 Å². The monoisotopic (exact) mass is 398 g/mol. The van der Waals surface area contributed by atoms with Gasteiger partial charge in [-0.25, -0.2) is 4.79 Å². The van der Waals surface area contributed by atoms with Crippen LogP contribution in [0.3, 0.4) is 0 Å². The highest BCUT2D eigenvalue weighted by Gasteiger charge is 2.18. The topological polar surface area (TPSA) is 92.9 Å². The second-order valence-corrected chi connectivity index (χ2v) is 6.24. The summed E-state index contributed by atoms with van der Waals surface area (Å²) < 4.78 is 26.9. The Hall–Kier alpha value is -3.55. The summed E-state index contributed by atoms with van der Waals surface area (Å²) in [7, 11) is 4.56. The Morgan fingerprint density at radius 1 is 1.00 bits per heavy atom. The number of carbonyl (C=O) groups is 1. The van der Waals surface area contributed by atoms with Crippen LogP contribution in [0.5, 0.6) is 17.2 Å². The first-order valence-corrected chi connectivity index (χ1v) is 8.84. The van der Waals surface area contributed by atoms with Crippen molar-refractivity contribution in [1.29, 1.82) is 0 Å². The molecular weight excluding hydrogens is 376 g/mol. The van der Waals surface area contributed by atoms with Crippen molar-refractivity contribution in [2.75, 3.05) is 21.3 Å². The first kappa shape index (κ1) is 20.2. The zero-order valence-electron chi connectivity index (χ0n) is 16.9. The van der Waals surface area contributed by atoms with Crippen LogP contribution in [-0.2, 0) is 11.3 Å². The van der Waals surface area contributed by atoms with E-state index < -0.39 is 5.97 Å². The number of nitrogens with zero attached hydrogens (tertiary/aromatic N) is 2. The number of aryl methyl sites for hydroxylation is 1. The van der Waals surface area contributed by atoms with Gasteiger partial charge in [0.25, 0.3) is 5.89 Å². The van der Waals surface area contributed by atoms with E-state index in [1.165, 1.54) is 21.3 Å². The molecule has 8 nitrogen and oxygen atoms in total. The number of rotatable bonds is 7. The van der Waals surface area contributed by atoms with E-state index in [9.17, 15) is 4.79 Å². The van der Waals surface area contributed by atoms with Gasteiger partial charge in [0, 0.05) is 5.56 Å². The summed E-state index contributed by atoms with van der Waals surface area (Å²) in [6, 6.07) is 8.86. The van der Waals surface area contributed by atoms with Crippen molar-refractivity contribution >= 4 is 5.97 Å². The minimum atomic E-state index is -0.446. The lowest BCUT2D eigenvalue weighted by molar-refractivity contribution is 0.0437. The summed E-state index contributed by atoms with van der Waals surface area (Å²) in [5.74, 6) is 1.35. The molecule has 2 aromatic carbocycles. The maximum Gasteiger partial charge on any atom is 0.338 e. The van der Waals surface area contributed by atoms with E-state index in [0.717, 1.165) is 11.1 Å². The van der Waals surface area contributed by atoms with Crippen molar-refractivity contribution in [2.24, 2.45) is 0 Å². The lowest BCUT2D eigenvalue weighted by Crippen LogP contribution is -2.08. The molecule has 1 aromatic heterocycles. The quantitative estimate of drug-likeness (QED) is 0.556. The van der Waals surface area contributed by atoms with Crippen LogP contribution in [0.25, 0.3) is 11.5 Å². The average molecular weight is 398 g/mol. The fourth-order valence-electron chi connectivity index (χ4n) is 2.81. The van der Waals surface area contributed by atoms with Crippen LogP contribution >= 0.6 is 0 Å². The van der Waals surface area contributed by atoms with Gasteiger partial charge in [-0.3, -0.25) is 0 Å². The van der Waals surface area contributed by atoms with Crippen LogP contribution in [0.15, 0.2) is 34.7 Å². The molecule has 3 aromatic rings. The minimum absolute atomic E-state index is 0.135. The smallest absolute Gasteiger partial charge is 0.338 e. The van der Waals surface area contributed by atoms with E-state index in [1.54, 1.807) is 18.2 Å². The molecule has 0 saturated carbocycles. The minimum Gasteiger partial charge on any atom is -0.493 e. The molecule has 8 heteroatoms. The molecule has 0 saturated heterocycles. The molecule has 0 radical (unpaired) electrons. The number of carbonyl (C=O) groups excluding carboxylic acids is 1. The van der Waals surface area contributed by atoms with Gasteiger partial charge >= 0.3 is 5.97 Å². The van der Waals surface area contributed by atoms with Gasteiger partial charge in [0.05, 0.1) is 26.9 Å². The third kappa shape index (κ3) is 4.16. The maximum absolute atomic E-state index is 12.3. The van der Waals surface area contributed by atoms with Crippen LogP contribution in [0.2, 0.25) is 0 Å². The van der Waals surface area contributed by atoms with Crippen LogP contribution in [0.1, 0.15) is 27.4 Å². The third-order valence-corrected chi connectivity index (χ3v) is 4.53. The largest absolute Gasteiger partial charge is 0.493 e. The average Bonchev–Trinajstić information content (AvgIpc) is 3.21. The molecule has 0 unspecified atom stereocenters. The van der Waals surface area contributed by atoms with Gasteiger partial charge in [-0.05, 0) is 43.2 Å². The summed E-state index contributed by atoms with van der Waals surface area (Å²) >= 11 is 0. The van der Waals surface area contributed by atoms with Gasteiger partial charge in [0.15, 0.2) is 18.1 Å². The van der Waals surface area contributed by atoms with Gasteiger partial charge in [-0.15, -0.1) is 10.2 Å². The van der Waals surface area contributed by atoms with Gasteiger partial charge in [0.1, 0.15) is 0 Å². The fourth-order valence-corrected chi connectivity index (χ4v) is 2.81. The van der Waals surface area contributed by atoms with E-state index in [4.69, 9.17) is 23.4 Å².